The molecule has 0 radical (unpaired) electrons. The molecule has 1 saturated carbocycles. The Kier molecular flexibility index (Phi) is 5.86. The second kappa shape index (κ2) is 9.30. The number of benzene rings is 2. The highest BCUT2D eigenvalue weighted by Gasteiger charge is 2.44. The van der Waals surface area contributed by atoms with E-state index in [0.29, 0.717) is 17.7 Å². The lowest BCUT2D eigenvalue weighted by Crippen LogP contribution is -2.40. The summed E-state index contributed by atoms with van der Waals surface area (Å²) in [6, 6.07) is 17.0. The van der Waals surface area contributed by atoms with Gasteiger partial charge in [-0.2, -0.15) is 0 Å². The van der Waals surface area contributed by atoms with Crippen LogP contribution in [-0.4, -0.2) is 50.7 Å². The zero-order valence-electron chi connectivity index (χ0n) is 20.2. The van der Waals surface area contributed by atoms with Crippen LogP contribution in [0.25, 0.3) is 11.0 Å². The lowest BCUT2D eigenvalue weighted by molar-refractivity contribution is 0.0519. The third kappa shape index (κ3) is 4.36. The lowest BCUT2D eigenvalue weighted by atomic mass is 9.77. The Hall–Kier alpha value is -3.45. The summed E-state index contributed by atoms with van der Waals surface area (Å²) >= 11 is 0. The van der Waals surface area contributed by atoms with Crippen molar-refractivity contribution in [1.29, 1.82) is 0 Å². The Balaban J connectivity index is 1.28. The third-order valence-electron chi connectivity index (χ3n) is 7.62. The highest BCUT2D eigenvalue weighted by Crippen LogP contribution is 2.44. The molecule has 2 aromatic carbocycles. The first-order valence-corrected chi connectivity index (χ1v) is 12.4. The Labute approximate surface area is 205 Å². The molecule has 2 aliphatic rings. The highest BCUT2D eigenvalue weighted by atomic mass is 16.5. The minimum atomic E-state index is 0.0148. The minimum absolute atomic E-state index is 0.0148. The van der Waals surface area contributed by atoms with Crippen molar-refractivity contribution in [3.05, 3.63) is 78.5 Å². The number of hydrogen-bond acceptors (Lipinski definition) is 6. The normalized spacial score (nSPS) is 24.4. The van der Waals surface area contributed by atoms with Crippen molar-refractivity contribution >= 4 is 11.0 Å². The van der Waals surface area contributed by atoms with E-state index in [2.05, 4.69) is 68.8 Å². The summed E-state index contributed by atoms with van der Waals surface area (Å²) < 4.78 is 14.4. The maximum atomic E-state index is 6.53. The van der Waals surface area contributed by atoms with Crippen molar-refractivity contribution in [2.75, 3.05) is 20.2 Å². The molecule has 2 aromatic heterocycles. The maximum Gasteiger partial charge on any atom is 0.232 e. The van der Waals surface area contributed by atoms with Gasteiger partial charge in [0.1, 0.15) is 17.7 Å². The van der Waals surface area contributed by atoms with Gasteiger partial charge in [-0.1, -0.05) is 24.3 Å². The molecule has 180 valence electrons. The molecule has 7 heteroatoms. The Bertz CT molecular complexity index is 1310. The summed E-state index contributed by atoms with van der Waals surface area (Å²) in [6.45, 7) is 5.23. The molecular formula is C28H31N5O2. The Morgan fingerprint density at radius 2 is 1.86 bits per heavy atom. The molecule has 7 nitrogen and oxygen atoms in total. The topological polar surface area (TPSA) is 65.3 Å². The smallest absolute Gasteiger partial charge is 0.232 e. The Morgan fingerprint density at radius 3 is 2.69 bits per heavy atom. The molecule has 3 heterocycles. The number of likely N-dealkylation sites (tertiary alicyclic amines) is 1. The first-order chi connectivity index (χ1) is 17.2. The van der Waals surface area contributed by atoms with E-state index in [1.165, 1.54) is 11.1 Å². The number of nitrogens with zero attached hydrogens (tertiary/aromatic N) is 5. The van der Waals surface area contributed by atoms with Gasteiger partial charge in [-0.05, 0) is 61.4 Å². The van der Waals surface area contributed by atoms with Crippen LogP contribution in [0.2, 0.25) is 0 Å². The number of aryl methyl sites for hydroxylation is 1. The van der Waals surface area contributed by atoms with Crippen LogP contribution in [0.1, 0.15) is 30.3 Å². The zero-order chi connectivity index (χ0) is 23.8. The number of rotatable bonds is 6. The number of imidazole rings is 1. The summed E-state index contributed by atoms with van der Waals surface area (Å²) in [6.07, 6.45) is 7.16. The fourth-order valence-electron chi connectivity index (χ4n) is 6.13. The number of methoxy groups -OCH3 is 1. The largest absolute Gasteiger partial charge is 0.497 e. The molecule has 4 aromatic rings. The molecule has 35 heavy (non-hydrogen) atoms. The van der Waals surface area contributed by atoms with E-state index < -0.39 is 0 Å². The van der Waals surface area contributed by atoms with Gasteiger partial charge >= 0.3 is 0 Å². The maximum absolute atomic E-state index is 6.53. The highest BCUT2D eigenvalue weighted by molar-refractivity contribution is 5.76. The molecule has 2 fully saturated rings. The summed E-state index contributed by atoms with van der Waals surface area (Å²) in [5.74, 6) is 3.75. The van der Waals surface area contributed by atoms with Crippen LogP contribution < -0.4 is 9.47 Å². The van der Waals surface area contributed by atoms with Gasteiger partial charge in [-0.15, -0.1) is 0 Å². The second-order valence-electron chi connectivity index (χ2n) is 9.82. The predicted octanol–water partition coefficient (Wildman–Crippen LogP) is 4.67. The van der Waals surface area contributed by atoms with Crippen LogP contribution in [0.5, 0.6) is 11.6 Å². The molecule has 0 unspecified atom stereocenters. The van der Waals surface area contributed by atoms with Crippen LogP contribution in [0.4, 0.5) is 0 Å². The summed E-state index contributed by atoms with van der Waals surface area (Å²) in [7, 11) is 1.72. The van der Waals surface area contributed by atoms with Gasteiger partial charge in [0, 0.05) is 32.0 Å². The van der Waals surface area contributed by atoms with E-state index in [4.69, 9.17) is 14.5 Å². The van der Waals surface area contributed by atoms with Crippen molar-refractivity contribution in [2.24, 2.45) is 11.8 Å². The number of aromatic nitrogens is 4. The van der Waals surface area contributed by atoms with E-state index in [1.807, 2.05) is 6.07 Å². The molecule has 0 bridgehead atoms. The molecule has 6 rings (SSSR count). The number of hydrogen-bond donors (Lipinski definition) is 0. The average Bonchev–Trinajstić information content (AvgIpc) is 3.42. The van der Waals surface area contributed by atoms with Gasteiger partial charge in [0.15, 0.2) is 0 Å². The van der Waals surface area contributed by atoms with Crippen molar-refractivity contribution in [1.82, 2.24) is 24.4 Å². The third-order valence-corrected chi connectivity index (χ3v) is 7.62. The van der Waals surface area contributed by atoms with Crippen molar-refractivity contribution in [3.63, 3.8) is 0 Å². The van der Waals surface area contributed by atoms with E-state index >= 15 is 0 Å². The quantitative estimate of drug-likeness (QED) is 0.409. The van der Waals surface area contributed by atoms with E-state index in [9.17, 15) is 0 Å². The number of fused-ring (bicyclic) bond motifs is 2. The van der Waals surface area contributed by atoms with Crippen molar-refractivity contribution in [2.45, 2.75) is 38.5 Å². The van der Waals surface area contributed by atoms with E-state index in [1.54, 1.807) is 25.7 Å². The molecule has 1 saturated heterocycles. The zero-order valence-corrected chi connectivity index (χ0v) is 20.2. The van der Waals surface area contributed by atoms with Gasteiger partial charge in [0.25, 0.3) is 0 Å². The van der Waals surface area contributed by atoms with Crippen LogP contribution >= 0.6 is 0 Å². The lowest BCUT2D eigenvalue weighted by Gasteiger charge is -2.39. The van der Waals surface area contributed by atoms with Crippen molar-refractivity contribution < 1.29 is 9.47 Å². The fourth-order valence-corrected chi connectivity index (χ4v) is 6.13. The number of para-hydroxylation sites is 2. The predicted molar refractivity (Wildman–Crippen MR) is 134 cm³/mol. The minimum Gasteiger partial charge on any atom is -0.497 e. The van der Waals surface area contributed by atoms with E-state index in [0.717, 1.165) is 49.6 Å². The van der Waals surface area contributed by atoms with Crippen LogP contribution in [-0.2, 0) is 6.54 Å². The molecule has 0 N–H and O–H groups in total. The molecule has 0 spiro atoms. The Morgan fingerprint density at radius 1 is 1.00 bits per heavy atom. The molecule has 4 atom stereocenters. The molecule has 1 aliphatic carbocycles. The van der Waals surface area contributed by atoms with Crippen LogP contribution in [0.15, 0.2) is 67.1 Å². The summed E-state index contributed by atoms with van der Waals surface area (Å²) in [5.41, 5.74) is 3.51. The number of ether oxygens (including phenoxy) is 2. The van der Waals surface area contributed by atoms with E-state index in [-0.39, 0.29) is 12.1 Å². The average molecular weight is 470 g/mol. The molecular weight excluding hydrogens is 438 g/mol. The summed E-state index contributed by atoms with van der Waals surface area (Å²) in [4.78, 5) is 16.1. The van der Waals surface area contributed by atoms with Gasteiger partial charge in [0.05, 0.1) is 30.4 Å². The van der Waals surface area contributed by atoms with Gasteiger partial charge in [-0.3, -0.25) is 9.88 Å². The van der Waals surface area contributed by atoms with Crippen LogP contribution in [0, 0.1) is 18.8 Å². The van der Waals surface area contributed by atoms with Gasteiger partial charge in [-0.25, -0.2) is 9.97 Å². The van der Waals surface area contributed by atoms with Crippen molar-refractivity contribution in [3.8, 4) is 11.6 Å². The summed E-state index contributed by atoms with van der Waals surface area (Å²) in [5, 5.41) is 0. The SMILES string of the molecule is COc1cccc(CN2C[C@H]3C[C@H](Oc4cnccn4)[C@@H](n4c(C)nc5ccccc54)C[C@H]3C2)c1. The van der Waals surface area contributed by atoms with Crippen LogP contribution in [0.3, 0.4) is 0 Å². The standard InChI is InChI=1S/C28H31N5O2/c1-19-31-24-8-3-4-9-25(24)33(19)26-13-21-17-32(16-20-6-5-7-23(12-20)34-2)18-22(21)14-27(26)35-28-15-29-10-11-30-28/h3-12,15,21-22,26-27H,13-14,16-18H2,1-2H3/t21-,22+,26-,27-/m0/s1. The van der Waals surface area contributed by atoms with Gasteiger partial charge < -0.3 is 14.0 Å². The first kappa shape index (κ1) is 22.0. The first-order valence-electron chi connectivity index (χ1n) is 12.4. The second-order valence-corrected chi connectivity index (χ2v) is 9.82. The van der Waals surface area contributed by atoms with Gasteiger partial charge in [0.2, 0.25) is 5.88 Å². The monoisotopic (exact) mass is 469 g/mol. The molecule has 0 amide bonds. The fraction of sp³-hybridized carbons (Fsp3) is 0.393. The molecule has 1 aliphatic heterocycles.